The molecule has 0 N–H and O–H groups in total. The van der Waals surface area contributed by atoms with E-state index < -0.39 is 0 Å². The molecule has 0 bridgehead atoms. The Kier molecular flexibility index (Phi) is 4.22. The first kappa shape index (κ1) is 19.2. The van der Waals surface area contributed by atoms with E-state index in [1.807, 2.05) is 72.3 Å². The minimum absolute atomic E-state index is 0.0436. The Hall–Kier alpha value is -3.47. The van der Waals surface area contributed by atoms with Crippen LogP contribution in [0.25, 0.3) is 39.1 Å². The van der Waals surface area contributed by atoms with Gasteiger partial charge in [-0.05, 0) is 36.8 Å². The van der Waals surface area contributed by atoms with E-state index in [1.54, 1.807) is 12.1 Å². The first-order valence-electron chi connectivity index (χ1n) is 10.1. The molecule has 2 aromatic heterocycles. The van der Waals surface area contributed by atoms with Gasteiger partial charge in [-0.15, -0.1) is 0 Å². The number of hydrogen-bond acceptors (Lipinski definition) is 3. The molecule has 0 atom stereocenters. The lowest BCUT2D eigenvalue weighted by atomic mass is 9.94. The summed E-state index contributed by atoms with van der Waals surface area (Å²) in [5.41, 5.74) is 6.68. The number of hydrogen-bond donors (Lipinski definition) is 0. The van der Waals surface area contributed by atoms with E-state index >= 15 is 0 Å². The van der Waals surface area contributed by atoms with Crippen LogP contribution >= 0.6 is 23.2 Å². The van der Waals surface area contributed by atoms with Gasteiger partial charge in [-0.2, -0.15) is 5.10 Å². The second kappa shape index (κ2) is 7.02. The fraction of sp³-hybridized carbons (Fsp3) is 0.0385. The molecule has 1 aliphatic rings. The van der Waals surface area contributed by atoms with Crippen molar-refractivity contribution in [1.82, 2.24) is 14.8 Å². The highest BCUT2D eigenvalue weighted by Crippen LogP contribution is 2.45. The maximum absolute atomic E-state index is 13.5. The van der Waals surface area contributed by atoms with Gasteiger partial charge >= 0.3 is 0 Å². The van der Waals surface area contributed by atoms with Gasteiger partial charge in [-0.3, -0.25) is 4.79 Å². The number of carbonyl (C=O) groups is 1. The summed E-state index contributed by atoms with van der Waals surface area (Å²) in [5.74, 6) is -0.0436. The summed E-state index contributed by atoms with van der Waals surface area (Å²) in [7, 11) is 0. The van der Waals surface area contributed by atoms with Gasteiger partial charge < -0.3 is 0 Å². The van der Waals surface area contributed by atoms with Gasteiger partial charge in [-0.1, -0.05) is 71.7 Å². The van der Waals surface area contributed by atoms with Crippen molar-refractivity contribution in [1.29, 1.82) is 0 Å². The first-order valence-corrected chi connectivity index (χ1v) is 10.9. The van der Waals surface area contributed by atoms with Crippen LogP contribution in [-0.4, -0.2) is 20.5 Å². The normalized spacial score (nSPS) is 12.3. The Morgan fingerprint density at radius 2 is 1.53 bits per heavy atom. The van der Waals surface area contributed by atoms with Crippen LogP contribution < -0.4 is 0 Å². The lowest BCUT2D eigenvalue weighted by molar-refractivity contribution is 0.104. The van der Waals surface area contributed by atoms with Gasteiger partial charge in [0, 0.05) is 16.7 Å². The molecule has 0 aliphatic heterocycles. The van der Waals surface area contributed by atoms with Crippen LogP contribution in [0.2, 0.25) is 10.0 Å². The molecule has 0 fully saturated rings. The topological polar surface area (TPSA) is 47.8 Å². The van der Waals surface area contributed by atoms with E-state index in [4.69, 9.17) is 33.3 Å². The summed E-state index contributed by atoms with van der Waals surface area (Å²) in [4.78, 5) is 18.5. The fourth-order valence-electron chi connectivity index (χ4n) is 4.44. The third kappa shape index (κ3) is 2.67. The summed E-state index contributed by atoms with van der Waals surface area (Å²) in [6.45, 7) is 1.93. The van der Waals surface area contributed by atoms with Crippen molar-refractivity contribution in [2.75, 3.05) is 0 Å². The fourth-order valence-corrected chi connectivity index (χ4v) is 4.74. The highest BCUT2D eigenvalue weighted by atomic mass is 35.5. The predicted molar refractivity (Wildman–Crippen MR) is 128 cm³/mol. The molecule has 0 radical (unpaired) electrons. The Morgan fingerprint density at radius 1 is 0.812 bits per heavy atom. The monoisotopic (exact) mass is 455 g/mol. The van der Waals surface area contributed by atoms with Crippen molar-refractivity contribution < 1.29 is 4.79 Å². The molecule has 6 heteroatoms. The van der Waals surface area contributed by atoms with E-state index in [-0.39, 0.29) is 5.78 Å². The molecule has 0 saturated carbocycles. The predicted octanol–water partition coefficient (Wildman–Crippen LogP) is 6.91. The number of carbonyl (C=O) groups excluding carboxylic acids is 1. The molecule has 3 aromatic carbocycles. The lowest BCUT2D eigenvalue weighted by Gasteiger charge is -2.12. The maximum Gasteiger partial charge on any atom is 0.196 e. The smallest absolute Gasteiger partial charge is 0.196 e. The van der Waals surface area contributed by atoms with E-state index in [0.717, 1.165) is 33.5 Å². The molecule has 6 rings (SSSR count). The van der Waals surface area contributed by atoms with Gasteiger partial charge in [0.1, 0.15) is 0 Å². The molecule has 0 unspecified atom stereocenters. The van der Waals surface area contributed by atoms with Crippen molar-refractivity contribution >= 4 is 40.0 Å². The number of aryl methyl sites for hydroxylation is 1. The number of halogens is 2. The highest BCUT2D eigenvalue weighted by molar-refractivity contribution is 6.42. The van der Waals surface area contributed by atoms with E-state index in [1.165, 1.54) is 0 Å². The minimum Gasteiger partial charge on any atom is -0.288 e. The molecule has 4 nitrogen and oxygen atoms in total. The lowest BCUT2D eigenvalue weighted by Crippen LogP contribution is -2.02. The average molecular weight is 456 g/mol. The summed E-state index contributed by atoms with van der Waals surface area (Å²) >= 11 is 12.6. The number of nitrogens with zero attached hydrogens (tertiary/aromatic N) is 3. The number of rotatable bonds is 2. The molecule has 0 spiro atoms. The van der Waals surface area contributed by atoms with Crippen LogP contribution in [0.15, 0.2) is 72.8 Å². The first-order chi connectivity index (χ1) is 15.5. The molecule has 32 heavy (non-hydrogen) atoms. The molecule has 1 aliphatic carbocycles. The van der Waals surface area contributed by atoms with Crippen LogP contribution in [0, 0.1) is 6.92 Å². The number of fused-ring (bicyclic) bond motifs is 4. The van der Waals surface area contributed by atoms with Crippen molar-refractivity contribution in [3.8, 4) is 28.1 Å². The molecule has 5 aromatic rings. The van der Waals surface area contributed by atoms with Crippen molar-refractivity contribution in [3.05, 3.63) is 99.7 Å². The Labute approximate surface area is 194 Å². The summed E-state index contributed by atoms with van der Waals surface area (Å²) in [6, 6.07) is 22.9. The molecule has 0 saturated heterocycles. The van der Waals surface area contributed by atoms with Crippen LogP contribution in [0.4, 0.5) is 0 Å². The van der Waals surface area contributed by atoms with Crippen molar-refractivity contribution in [2.45, 2.75) is 6.92 Å². The number of ketones is 1. The molecule has 154 valence electrons. The number of aromatic nitrogens is 3. The van der Waals surface area contributed by atoms with Gasteiger partial charge in [0.25, 0.3) is 0 Å². The van der Waals surface area contributed by atoms with Crippen LogP contribution in [0.3, 0.4) is 0 Å². The second-order valence-electron chi connectivity index (χ2n) is 7.75. The molecule has 0 amide bonds. The van der Waals surface area contributed by atoms with E-state index in [9.17, 15) is 4.79 Å². The van der Waals surface area contributed by atoms with Gasteiger partial charge in [0.2, 0.25) is 0 Å². The van der Waals surface area contributed by atoms with Crippen LogP contribution in [0.5, 0.6) is 0 Å². The minimum atomic E-state index is -0.0436. The SMILES string of the molecule is Cc1nn(-c2ccccc2)c2nc3c(c(-c4ccc(Cl)c(Cl)c4)c12)C(=O)c1ccccc1-3. The Morgan fingerprint density at radius 3 is 2.28 bits per heavy atom. The Bertz CT molecular complexity index is 1570. The number of benzene rings is 3. The molecule has 2 heterocycles. The third-order valence-corrected chi connectivity index (χ3v) is 6.59. The second-order valence-corrected chi connectivity index (χ2v) is 8.56. The van der Waals surface area contributed by atoms with Crippen molar-refractivity contribution in [2.24, 2.45) is 0 Å². The average Bonchev–Trinajstić information content (AvgIpc) is 3.30. The quantitative estimate of drug-likeness (QED) is 0.284. The van der Waals surface area contributed by atoms with Gasteiger partial charge in [-0.25, -0.2) is 9.67 Å². The zero-order chi connectivity index (χ0) is 22.0. The van der Waals surface area contributed by atoms with Gasteiger partial charge in [0.05, 0.1) is 38.1 Å². The third-order valence-electron chi connectivity index (χ3n) is 5.85. The van der Waals surface area contributed by atoms with E-state index in [0.29, 0.717) is 32.5 Å². The Balaban J connectivity index is 1.79. The highest BCUT2D eigenvalue weighted by Gasteiger charge is 2.34. The zero-order valence-electron chi connectivity index (χ0n) is 16.9. The molecular weight excluding hydrogens is 441 g/mol. The summed E-state index contributed by atoms with van der Waals surface area (Å²) in [5, 5.41) is 6.51. The molecular formula is C26H15Cl2N3O. The summed E-state index contributed by atoms with van der Waals surface area (Å²) < 4.78 is 1.83. The van der Waals surface area contributed by atoms with E-state index in [2.05, 4.69) is 0 Å². The zero-order valence-corrected chi connectivity index (χ0v) is 18.4. The largest absolute Gasteiger partial charge is 0.288 e. The summed E-state index contributed by atoms with van der Waals surface area (Å²) in [6.07, 6.45) is 0. The number of pyridine rings is 1. The standard InChI is InChI=1S/C26H15Cl2N3O/c1-14-21-22(15-11-12-19(27)20(28)13-15)23-24(17-9-5-6-10-18(17)25(23)32)29-26(21)31(30-14)16-7-3-2-4-8-16/h2-13H,1H3. The maximum atomic E-state index is 13.5. The van der Waals surface area contributed by atoms with Crippen LogP contribution in [-0.2, 0) is 0 Å². The van der Waals surface area contributed by atoms with Gasteiger partial charge in [0.15, 0.2) is 11.4 Å². The number of para-hydroxylation sites is 1. The van der Waals surface area contributed by atoms with Crippen molar-refractivity contribution in [3.63, 3.8) is 0 Å². The van der Waals surface area contributed by atoms with Crippen LogP contribution in [0.1, 0.15) is 21.6 Å².